The van der Waals surface area contributed by atoms with Crippen LogP contribution in [-0.2, 0) is 6.42 Å². The Morgan fingerprint density at radius 3 is 2.83 bits per heavy atom. The first-order chi connectivity index (χ1) is 12.2. The van der Waals surface area contributed by atoms with Gasteiger partial charge >= 0.3 is 0 Å². The van der Waals surface area contributed by atoms with Gasteiger partial charge in [0.25, 0.3) is 0 Å². The van der Waals surface area contributed by atoms with Gasteiger partial charge in [0, 0.05) is 19.1 Å². The average Bonchev–Trinajstić information content (AvgIpc) is 2.53. The zero-order valence-electron chi connectivity index (χ0n) is 17.2. The van der Waals surface area contributed by atoms with Crippen molar-refractivity contribution in [3.8, 4) is 11.5 Å². The lowest BCUT2D eigenvalue weighted by Crippen LogP contribution is -2.48. The minimum atomic E-state index is -2.52. The van der Waals surface area contributed by atoms with E-state index in [1.54, 1.807) is 6.07 Å². The number of aliphatic hydroxyl groups excluding tert-OH is 1. The van der Waals surface area contributed by atoms with Crippen LogP contribution in [0.25, 0.3) is 0 Å². The highest BCUT2D eigenvalue weighted by Crippen LogP contribution is 2.43. The number of fused-ring (bicyclic) bond motifs is 3. The molecule has 2 aliphatic rings. The normalized spacial score (nSPS) is 30.0. The molecule has 0 spiro atoms. The van der Waals surface area contributed by atoms with Crippen molar-refractivity contribution in [2.24, 2.45) is 11.8 Å². The Morgan fingerprint density at radius 2 is 2.13 bits per heavy atom. The number of piperidine rings is 1. The Morgan fingerprint density at radius 1 is 1.35 bits per heavy atom. The van der Waals surface area contributed by atoms with Gasteiger partial charge in [-0.1, -0.05) is 13.8 Å². The average molecular weight is 322 g/mol. The molecule has 3 atom stereocenters. The second-order valence-corrected chi connectivity index (χ2v) is 7.26. The number of benzene rings is 1. The molecule has 2 aliphatic heterocycles. The van der Waals surface area contributed by atoms with E-state index in [0.717, 1.165) is 37.1 Å². The summed E-state index contributed by atoms with van der Waals surface area (Å²) in [7, 11) is -1.01. The van der Waals surface area contributed by atoms with Crippen molar-refractivity contribution in [2.75, 3.05) is 27.2 Å². The van der Waals surface area contributed by atoms with E-state index in [0.29, 0.717) is 24.0 Å². The van der Waals surface area contributed by atoms with Crippen LogP contribution >= 0.6 is 0 Å². The third kappa shape index (κ3) is 3.20. The Kier molecular flexibility index (Phi) is 3.81. The Hall–Kier alpha value is -1.26. The van der Waals surface area contributed by atoms with E-state index in [1.807, 2.05) is 6.07 Å². The van der Waals surface area contributed by atoms with Crippen molar-refractivity contribution >= 4 is 0 Å². The predicted octanol–water partition coefficient (Wildman–Crippen LogP) is 3.03. The lowest BCUT2D eigenvalue weighted by Gasteiger charge is -2.46. The lowest BCUT2D eigenvalue weighted by atomic mass is 9.79. The molecule has 4 heteroatoms. The van der Waals surface area contributed by atoms with Crippen LogP contribution in [0.5, 0.6) is 11.5 Å². The molecule has 1 aromatic rings. The Bertz CT molecular complexity index is 648. The molecule has 0 radical (unpaired) electrons. The monoisotopic (exact) mass is 322 g/mol. The molecule has 1 saturated heterocycles. The van der Waals surface area contributed by atoms with E-state index >= 15 is 0 Å². The highest BCUT2D eigenvalue weighted by molar-refractivity contribution is 5.49. The van der Waals surface area contributed by atoms with Crippen LogP contribution in [0.4, 0.5) is 0 Å². The molecular weight excluding hydrogens is 290 g/mol. The Balaban J connectivity index is 1.89. The third-order valence-corrected chi connectivity index (χ3v) is 5.26. The number of aliphatic hydroxyl groups is 1. The fourth-order valence-corrected chi connectivity index (χ4v) is 4.18. The van der Waals surface area contributed by atoms with Crippen LogP contribution in [0.1, 0.15) is 48.0 Å². The molecule has 128 valence electrons. The number of nitrogens with zero attached hydrogens (tertiary/aromatic N) is 1. The first-order valence-electron chi connectivity index (χ1n) is 10.00. The molecule has 3 rings (SSSR count). The van der Waals surface area contributed by atoms with Gasteiger partial charge in [-0.2, -0.15) is 0 Å². The maximum atomic E-state index is 10.7. The van der Waals surface area contributed by atoms with Gasteiger partial charge in [0.15, 0.2) is 11.5 Å². The van der Waals surface area contributed by atoms with E-state index < -0.39 is 7.04 Å². The molecule has 0 amide bonds. The standard InChI is InChI=1S/C19H29NO3/c1-12(2)7-14-11-20-6-5-13-8-18(22-3)19(23-4)9-15(13)16(20)10-17(14)21/h8-9,12,14,16-17,21H,5-7,10-11H2,1-4H3/i4D3. The van der Waals surface area contributed by atoms with E-state index in [9.17, 15) is 5.11 Å². The van der Waals surface area contributed by atoms with E-state index in [2.05, 4.69) is 18.7 Å². The molecule has 0 saturated carbocycles. The highest BCUT2D eigenvalue weighted by Gasteiger charge is 2.38. The second kappa shape index (κ2) is 6.70. The van der Waals surface area contributed by atoms with Crippen LogP contribution in [0, 0.1) is 11.8 Å². The second-order valence-electron chi connectivity index (χ2n) is 7.26. The number of hydrogen-bond donors (Lipinski definition) is 1. The summed E-state index contributed by atoms with van der Waals surface area (Å²) in [5.41, 5.74) is 2.20. The first kappa shape index (κ1) is 13.1. The van der Waals surface area contributed by atoms with Crippen molar-refractivity contribution in [1.29, 1.82) is 0 Å². The maximum Gasteiger partial charge on any atom is 0.161 e. The van der Waals surface area contributed by atoms with Crippen LogP contribution < -0.4 is 9.47 Å². The fourth-order valence-electron chi connectivity index (χ4n) is 4.18. The molecule has 4 nitrogen and oxygen atoms in total. The number of rotatable bonds is 4. The summed E-state index contributed by atoms with van der Waals surface area (Å²) in [6.45, 7) is 6.20. The molecule has 3 unspecified atom stereocenters. The first-order valence-corrected chi connectivity index (χ1v) is 8.50. The summed E-state index contributed by atoms with van der Waals surface area (Å²) in [5.74, 6) is 1.55. The van der Waals surface area contributed by atoms with Gasteiger partial charge < -0.3 is 14.6 Å². The van der Waals surface area contributed by atoms with Crippen LogP contribution in [0.15, 0.2) is 12.1 Å². The third-order valence-electron chi connectivity index (χ3n) is 5.26. The molecule has 0 bridgehead atoms. The van der Waals surface area contributed by atoms with Gasteiger partial charge in [-0.25, -0.2) is 0 Å². The van der Waals surface area contributed by atoms with Gasteiger partial charge in [-0.3, -0.25) is 4.90 Å². The molecule has 23 heavy (non-hydrogen) atoms. The van der Waals surface area contributed by atoms with Gasteiger partial charge in [-0.05, 0) is 54.4 Å². The quantitative estimate of drug-likeness (QED) is 0.925. The molecule has 1 aromatic carbocycles. The van der Waals surface area contributed by atoms with E-state index in [-0.39, 0.29) is 17.9 Å². The summed E-state index contributed by atoms with van der Waals surface area (Å²) in [5, 5.41) is 10.7. The maximum absolute atomic E-state index is 10.7. The van der Waals surface area contributed by atoms with Crippen molar-refractivity contribution in [3.05, 3.63) is 23.3 Å². The predicted molar refractivity (Wildman–Crippen MR) is 91.1 cm³/mol. The van der Waals surface area contributed by atoms with Crippen molar-refractivity contribution in [2.45, 2.75) is 45.3 Å². The van der Waals surface area contributed by atoms with Crippen molar-refractivity contribution < 1.29 is 18.7 Å². The van der Waals surface area contributed by atoms with E-state index in [1.165, 1.54) is 7.11 Å². The number of methoxy groups -OCH3 is 2. The summed E-state index contributed by atoms with van der Waals surface area (Å²) < 4.78 is 32.7. The summed E-state index contributed by atoms with van der Waals surface area (Å²) in [4.78, 5) is 2.42. The summed E-state index contributed by atoms with van der Waals surface area (Å²) in [6.07, 6.45) is 2.25. The summed E-state index contributed by atoms with van der Waals surface area (Å²) in [6, 6.07) is 3.79. The summed E-state index contributed by atoms with van der Waals surface area (Å²) >= 11 is 0. The molecular formula is C19H29NO3. The smallest absolute Gasteiger partial charge is 0.161 e. The minimum Gasteiger partial charge on any atom is -0.493 e. The van der Waals surface area contributed by atoms with Crippen molar-refractivity contribution in [3.63, 3.8) is 0 Å². The van der Waals surface area contributed by atoms with Crippen LogP contribution in [-0.4, -0.2) is 43.3 Å². The van der Waals surface area contributed by atoms with Crippen LogP contribution in [0.2, 0.25) is 0 Å². The molecule has 2 heterocycles. The zero-order chi connectivity index (χ0) is 19.1. The largest absolute Gasteiger partial charge is 0.493 e. The topological polar surface area (TPSA) is 41.9 Å². The zero-order valence-corrected chi connectivity index (χ0v) is 14.2. The number of hydrogen-bond acceptors (Lipinski definition) is 4. The minimum absolute atomic E-state index is 0.0991. The van der Waals surface area contributed by atoms with Gasteiger partial charge in [-0.15, -0.1) is 0 Å². The lowest BCUT2D eigenvalue weighted by molar-refractivity contribution is -0.0191. The van der Waals surface area contributed by atoms with Gasteiger partial charge in [0.2, 0.25) is 0 Å². The fraction of sp³-hybridized carbons (Fsp3) is 0.684. The van der Waals surface area contributed by atoms with Gasteiger partial charge in [0.05, 0.1) is 24.4 Å². The van der Waals surface area contributed by atoms with Crippen molar-refractivity contribution in [1.82, 2.24) is 4.90 Å². The van der Waals surface area contributed by atoms with E-state index in [4.69, 9.17) is 13.6 Å². The molecule has 1 N–H and O–H groups in total. The molecule has 1 fully saturated rings. The van der Waals surface area contributed by atoms with Gasteiger partial charge in [0.1, 0.15) is 0 Å². The highest BCUT2D eigenvalue weighted by atomic mass is 16.5. The molecule has 0 aliphatic carbocycles. The SMILES string of the molecule is [2H]C([2H])([2H])Oc1cc2c(cc1OC)CCN1CC(CC(C)C)C(O)CC21. The molecule has 0 aromatic heterocycles. The Labute approximate surface area is 143 Å². The number of ether oxygens (including phenoxy) is 2. The van der Waals surface area contributed by atoms with Crippen LogP contribution in [0.3, 0.4) is 0 Å².